The topological polar surface area (TPSA) is 0 Å². The zero-order valence-electron chi connectivity index (χ0n) is 9.04. The van der Waals surface area contributed by atoms with E-state index in [-0.39, 0.29) is 5.38 Å². The average molecular weight is 330 g/mol. The van der Waals surface area contributed by atoms with Crippen LogP contribution in [-0.4, -0.2) is 0 Å². The fourth-order valence-electron chi connectivity index (χ4n) is 1.69. The predicted octanol–water partition coefficient (Wildman–Crippen LogP) is 5.63. The highest BCUT2D eigenvalue weighted by atomic mass is 79.9. The molecular formula is C14H11BrCl2. The minimum Gasteiger partial charge on any atom is -0.117 e. The maximum absolute atomic E-state index is 6.43. The molecule has 3 heteroatoms. The third kappa shape index (κ3) is 3.48. The third-order valence-corrected chi connectivity index (χ3v) is 3.87. The van der Waals surface area contributed by atoms with Gasteiger partial charge in [0.1, 0.15) is 0 Å². The van der Waals surface area contributed by atoms with E-state index in [1.165, 1.54) is 5.56 Å². The summed E-state index contributed by atoms with van der Waals surface area (Å²) in [5, 5.41) is 0.660. The van der Waals surface area contributed by atoms with Crippen LogP contribution in [0.2, 0.25) is 5.02 Å². The summed E-state index contributed by atoms with van der Waals surface area (Å²) in [4.78, 5) is 0. The molecule has 0 radical (unpaired) electrons. The van der Waals surface area contributed by atoms with E-state index >= 15 is 0 Å². The van der Waals surface area contributed by atoms with Gasteiger partial charge in [-0.25, -0.2) is 0 Å². The molecule has 2 aromatic carbocycles. The Balaban J connectivity index is 2.17. The van der Waals surface area contributed by atoms with Gasteiger partial charge in [0.2, 0.25) is 0 Å². The van der Waals surface area contributed by atoms with Gasteiger partial charge in [0.05, 0.1) is 5.38 Å². The molecule has 0 aliphatic heterocycles. The molecule has 1 atom stereocenters. The van der Waals surface area contributed by atoms with Crippen LogP contribution in [0.15, 0.2) is 53.0 Å². The molecule has 2 rings (SSSR count). The average Bonchev–Trinajstić information content (AvgIpc) is 2.30. The van der Waals surface area contributed by atoms with Crippen molar-refractivity contribution in [3.63, 3.8) is 0 Å². The first kappa shape index (κ1) is 12.9. The summed E-state index contributed by atoms with van der Waals surface area (Å²) < 4.78 is 0.959. The van der Waals surface area contributed by atoms with E-state index in [9.17, 15) is 0 Å². The molecule has 0 amide bonds. The van der Waals surface area contributed by atoms with Crippen molar-refractivity contribution in [2.45, 2.75) is 11.8 Å². The Labute approximate surface area is 120 Å². The Bertz CT molecular complexity index is 497. The minimum atomic E-state index is -0.0518. The molecule has 0 heterocycles. The van der Waals surface area contributed by atoms with Gasteiger partial charge in [-0.15, -0.1) is 11.6 Å². The molecule has 0 aliphatic carbocycles. The lowest BCUT2D eigenvalue weighted by atomic mass is 10.0. The van der Waals surface area contributed by atoms with Crippen molar-refractivity contribution < 1.29 is 0 Å². The van der Waals surface area contributed by atoms with E-state index in [2.05, 4.69) is 28.1 Å². The number of hydrogen-bond acceptors (Lipinski definition) is 0. The standard InChI is InChI=1S/C14H11BrCl2/c15-13-9-11(16)6-7-12(13)14(17)8-10-4-2-1-3-5-10/h1-7,9,14H,8H2. The van der Waals surface area contributed by atoms with Gasteiger partial charge in [-0.1, -0.05) is 63.9 Å². The van der Waals surface area contributed by atoms with Gasteiger partial charge in [-0.05, 0) is 29.7 Å². The van der Waals surface area contributed by atoms with Crippen LogP contribution in [0.4, 0.5) is 0 Å². The second-order valence-electron chi connectivity index (χ2n) is 3.82. The van der Waals surface area contributed by atoms with Crippen LogP contribution >= 0.6 is 39.1 Å². The van der Waals surface area contributed by atoms with E-state index in [1.54, 1.807) is 0 Å². The quantitative estimate of drug-likeness (QED) is 0.640. The molecule has 0 bridgehead atoms. The summed E-state index contributed by atoms with van der Waals surface area (Å²) in [6.45, 7) is 0. The highest BCUT2D eigenvalue weighted by Crippen LogP contribution is 2.32. The SMILES string of the molecule is Clc1ccc(C(Cl)Cc2ccccc2)c(Br)c1. The van der Waals surface area contributed by atoms with Crippen molar-refractivity contribution in [3.8, 4) is 0 Å². The van der Waals surface area contributed by atoms with Crippen LogP contribution in [0.3, 0.4) is 0 Å². The van der Waals surface area contributed by atoms with Crippen molar-refractivity contribution in [2.24, 2.45) is 0 Å². The van der Waals surface area contributed by atoms with Crippen LogP contribution in [-0.2, 0) is 6.42 Å². The van der Waals surface area contributed by atoms with E-state index in [0.29, 0.717) is 5.02 Å². The molecule has 1 unspecified atom stereocenters. The summed E-state index contributed by atoms with van der Waals surface area (Å²) in [5.74, 6) is 0. The molecule has 17 heavy (non-hydrogen) atoms. The fraction of sp³-hybridized carbons (Fsp3) is 0.143. The summed E-state index contributed by atoms with van der Waals surface area (Å²) in [5.41, 5.74) is 2.30. The fourth-order valence-corrected chi connectivity index (χ4v) is 3.15. The van der Waals surface area contributed by atoms with Crippen LogP contribution in [0.1, 0.15) is 16.5 Å². The highest BCUT2D eigenvalue weighted by Gasteiger charge is 2.12. The second kappa shape index (κ2) is 5.90. The summed E-state index contributed by atoms with van der Waals surface area (Å²) in [6.07, 6.45) is 0.808. The van der Waals surface area contributed by atoms with Crippen molar-refractivity contribution >= 4 is 39.1 Å². The molecule has 0 aromatic heterocycles. The molecule has 0 fully saturated rings. The normalized spacial score (nSPS) is 12.4. The third-order valence-electron chi connectivity index (χ3n) is 2.56. The van der Waals surface area contributed by atoms with Crippen LogP contribution in [0, 0.1) is 0 Å². The monoisotopic (exact) mass is 328 g/mol. The van der Waals surface area contributed by atoms with Crippen molar-refractivity contribution in [3.05, 3.63) is 69.2 Å². The van der Waals surface area contributed by atoms with Crippen molar-refractivity contribution in [1.82, 2.24) is 0 Å². The van der Waals surface area contributed by atoms with E-state index in [1.807, 2.05) is 36.4 Å². The molecule has 0 aliphatic rings. The molecule has 0 N–H and O–H groups in total. The Morgan fingerprint density at radius 3 is 2.41 bits per heavy atom. The van der Waals surface area contributed by atoms with E-state index in [0.717, 1.165) is 16.5 Å². The first-order valence-electron chi connectivity index (χ1n) is 5.30. The Kier molecular flexibility index (Phi) is 4.49. The molecule has 0 spiro atoms. The zero-order valence-corrected chi connectivity index (χ0v) is 12.1. The zero-order chi connectivity index (χ0) is 12.3. The van der Waals surface area contributed by atoms with Gasteiger partial charge in [0.25, 0.3) is 0 Å². The number of alkyl halides is 1. The van der Waals surface area contributed by atoms with E-state index in [4.69, 9.17) is 23.2 Å². The van der Waals surface area contributed by atoms with Gasteiger partial charge < -0.3 is 0 Å². The van der Waals surface area contributed by atoms with E-state index < -0.39 is 0 Å². The molecule has 0 saturated carbocycles. The van der Waals surface area contributed by atoms with Gasteiger partial charge in [0.15, 0.2) is 0 Å². The molecule has 88 valence electrons. The maximum Gasteiger partial charge on any atom is 0.0636 e. The van der Waals surface area contributed by atoms with Crippen molar-refractivity contribution in [1.29, 1.82) is 0 Å². The molecule has 0 nitrogen and oxygen atoms in total. The molecule has 2 aromatic rings. The Morgan fingerprint density at radius 1 is 1.06 bits per heavy atom. The lowest BCUT2D eigenvalue weighted by Gasteiger charge is -2.12. The number of rotatable bonds is 3. The van der Waals surface area contributed by atoms with Gasteiger partial charge in [-0.3, -0.25) is 0 Å². The smallest absolute Gasteiger partial charge is 0.0636 e. The summed E-state index contributed by atoms with van der Waals surface area (Å²) in [6, 6.07) is 15.9. The summed E-state index contributed by atoms with van der Waals surface area (Å²) in [7, 11) is 0. The van der Waals surface area contributed by atoms with Crippen LogP contribution < -0.4 is 0 Å². The first-order valence-corrected chi connectivity index (χ1v) is 6.90. The first-order chi connectivity index (χ1) is 8.16. The van der Waals surface area contributed by atoms with Gasteiger partial charge in [0, 0.05) is 9.50 Å². The highest BCUT2D eigenvalue weighted by molar-refractivity contribution is 9.10. The lowest BCUT2D eigenvalue weighted by Crippen LogP contribution is -1.96. The second-order valence-corrected chi connectivity index (χ2v) is 5.64. The number of benzene rings is 2. The maximum atomic E-state index is 6.43. The Hall–Kier alpha value is -0.500. The lowest BCUT2D eigenvalue weighted by molar-refractivity contribution is 0.915. The Morgan fingerprint density at radius 2 is 1.76 bits per heavy atom. The van der Waals surface area contributed by atoms with Crippen LogP contribution in [0.5, 0.6) is 0 Å². The molecule has 0 saturated heterocycles. The van der Waals surface area contributed by atoms with Crippen molar-refractivity contribution in [2.75, 3.05) is 0 Å². The molecular weight excluding hydrogens is 319 g/mol. The summed E-state index contributed by atoms with van der Waals surface area (Å²) >= 11 is 15.8. The number of hydrogen-bond donors (Lipinski definition) is 0. The van der Waals surface area contributed by atoms with Crippen LogP contribution in [0.25, 0.3) is 0 Å². The van der Waals surface area contributed by atoms with Gasteiger partial charge in [-0.2, -0.15) is 0 Å². The minimum absolute atomic E-state index is 0.0518. The number of halogens is 3. The largest absolute Gasteiger partial charge is 0.117 e. The predicted molar refractivity (Wildman–Crippen MR) is 77.9 cm³/mol. The van der Waals surface area contributed by atoms with Gasteiger partial charge >= 0.3 is 0 Å².